The highest BCUT2D eigenvalue weighted by Gasteiger charge is 2.03. The van der Waals surface area contributed by atoms with E-state index in [2.05, 4.69) is 15.5 Å². The van der Waals surface area contributed by atoms with Gasteiger partial charge < -0.3 is 5.32 Å². The zero-order valence-corrected chi connectivity index (χ0v) is 8.71. The van der Waals surface area contributed by atoms with Gasteiger partial charge in [0.1, 0.15) is 17.5 Å². The van der Waals surface area contributed by atoms with Crippen LogP contribution in [0.4, 0.5) is 14.6 Å². The Hall–Kier alpha value is -2.24. The van der Waals surface area contributed by atoms with Crippen molar-refractivity contribution in [2.24, 2.45) is 0 Å². The van der Waals surface area contributed by atoms with Crippen LogP contribution in [0, 0.1) is 11.6 Å². The molecule has 1 aromatic carbocycles. The number of anilines is 1. The van der Waals surface area contributed by atoms with E-state index in [1.54, 1.807) is 0 Å². The molecule has 0 bridgehead atoms. The Bertz CT molecular complexity index is 563. The minimum absolute atomic E-state index is 0.158. The van der Waals surface area contributed by atoms with Crippen molar-refractivity contribution in [2.75, 3.05) is 5.32 Å². The lowest BCUT2D eigenvalue weighted by Gasteiger charge is -2.05. The molecule has 0 atom stereocenters. The third-order valence-electron chi connectivity index (χ3n) is 2.15. The smallest absolute Gasteiger partial charge is 0.264 e. The molecule has 0 saturated carbocycles. The molecule has 0 radical (unpaired) electrons. The molecule has 1 aromatic heterocycles. The Morgan fingerprint density at radius 2 is 2.06 bits per heavy atom. The molecular formula is C11H9F2N3O. The molecule has 0 aliphatic rings. The van der Waals surface area contributed by atoms with E-state index in [9.17, 15) is 13.6 Å². The lowest BCUT2D eigenvalue weighted by atomic mass is 10.2. The van der Waals surface area contributed by atoms with Crippen LogP contribution in [-0.2, 0) is 6.54 Å². The van der Waals surface area contributed by atoms with Crippen LogP contribution in [0.25, 0.3) is 0 Å². The van der Waals surface area contributed by atoms with Crippen molar-refractivity contribution >= 4 is 5.82 Å². The van der Waals surface area contributed by atoms with Crippen molar-refractivity contribution in [2.45, 2.75) is 6.54 Å². The van der Waals surface area contributed by atoms with Crippen LogP contribution in [0.15, 0.2) is 35.1 Å². The summed E-state index contributed by atoms with van der Waals surface area (Å²) < 4.78 is 25.9. The van der Waals surface area contributed by atoms with Crippen LogP contribution in [-0.4, -0.2) is 10.2 Å². The number of halogens is 2. The van der Waals surface area contributed by atoms with Crippen LogP contribution in [0.2, 0.25) is 0 Å². The molecule has 2 rings (SSSR count). The van der Waals surface area contributed by atoms with Gasteiger partial charge in [-0.05, 0) is 12.1 Å². The minimum atomic E-state index is -0.623. The highest BCUT2D eigenvalue weighted by molar-refractivity contribution is 5.33. The van der Waals surface area contributed by atoms with Crippen molar-refractivity contribution < 1.29 is 8.78 Å². The van der Waals surface area contributed by atoms with Crippen LogP contribution < -0.4 is 10.9 Å². The molecule has 1 heterocycles. The lowest BCUT2D eigenvalue weighted by Crippen LogP contribution is -2.09. The van der Waals surface area contributed by atoms with Crippen molar-refractivity contribution in [1.82, 2.24) is 10.2 Å². The lowest BCUT2D eigenvalue weighted by molar-refractivity contribution is 0.574. The van der Waals surface area contributed by atoms with E-state index in [1.807, 2.05) is 0 Å². The molecule has 17 heavy (non-hydrogen) atoms. The number of nitrogens with one attached hydrogen (secondary N) is 2. The molecule has 4 nitrogen and oxygen atoms in total. The first-order chi connectivity index (χ1) is 8.15. The first-order valence-electron chi connectivity index (χ1n) is 4.89. The van der Waals surface area contributed by atoms with Gasteiger partial charge in [-0.2, -0.15) is 5.10 Å². The van der Waals surface area contributed by atoms with Gasteiger partial charge in [0.05, 0.1) is 0 Å². The summed E-state index contributed by atoms with van der Waals surface area (Å²) in [7, 11) is 0. The van der Waals surface area contributed by atoms with E-state index in [0.29, 0.717) is 11.4 Å². The maximum absolute atomic E-state index is 13.3. The van der Waals surface area contributed by atoms with Crippen molar-refractivity contribution in [3.63, 3.8) is 0 Å². The third-order valence-corrected chi connectivity index (χ3v) is 2.15. The number of benzene rings is 1. The highest BCUT2D eigenvalue weighted by atomic mass is 19.1. The van der Waals surface area contributed by atoms with Gasteiger partial charge in [0, 0.05) is 24.2 Å². The summed E-state index contributed by atoms with van der Waals surface area (Å²) in [5, 5.41) is 8.74. The SMILES string of the molecule is O=c1ccc(NCc2ccc(F)cc2F)n[nH]1. The summed E-state index contributed by atoms with van der Waals surface area (Å²) >= 11 is 0. The predicted molar refractivity (Wildman–Crippen MR) is 58.5 cm³/mol. The van der Waals surface area contributed by atoms with E-state index in [-0.39, 0.29) is 12.1 Å². The Kier molecular flexibility index (Phi) is 3.13. The second-order valence-corrected chi connectivity index (χ2v) is 3.40. The largest absolute Gasteiger partial charge is 0.364 e. The average molecular weight is 237 g/mol. The molecule has 0 fully saturated rings. The summed E-state index contributed by atoms with van der Waals surface area (Å²) in [5.41, 5.74) is 0.00270. The molecule has 2 N–H and O–H groups in total. The van der Waals surface area contributed by atoms with E-state index in [4.69, 9.17) is 0 Å². The van der Waals surface area contributed by atoms with Crippen LogP contribution in [0.5, 0.6) is 0 Å². The summed E-state index contributed by atoms with van der Waals surface area (Å²) in [6.07, 6.45) is 0. The summed E-state index contributed by atoms with van der Waals surface area (Å²) in [6, 6.07) is 6.12. The first-order valence-corrected chi connectivity index (χ1v) is 4.89. The molecular weight excluding hydrogens is 228 g/mol. The van der Waals surface area contributed by atoms with Crippen molar-refractivity contribution in [1.29, 1.82) is 0 Å². The van der Waals surface area contributed by atoms with Gasteiger partial charge in [0.15, 0.2) is 0 Å². The van der Waals surface area contributed by atoms with E-state index < -0.39 is 11.6 Å². The fourth-order valence-electron chi connectivity index (χ4n) is 1.29. The highest BCUT2D eigenvalue weighted by Crippen LogP contribution is 2.10. The van der Waals surface area contributed by atoms with Gasteiger partial charge in [-0.3, -0.25) is 4.79 Å². The maximum Gasteiger partial charge on any atom is 0.264 e. The number of H-pyrrole nitrogens is 1. The minimum Gasteiger partial charge on any atom is -0.364 e. The van der Waals surface area contributed by atoms with E-state index in [0.717, 1.165) is 6.07 Å². The van der Waals surface area contributed by atoms with Gasteiger partial charge in [0.2, 0.25) is 0 Å². The fraction of sp³-hybridized carbons (Fsp3) is 0.0909. The summed E-state index contributed by atoms with van der Waals surface area (Å²) in [5.74, 6) is -0.830. The third kappa shape index (κ3) is 2.87. The van der Waals surface area contributed by atoms with Gasteiger partial charge in [0.25, 0.3) is 5.56 Å². The van der Waals surface area contributed by atoms with Crippen LogP contribution >= 0.6 is 0 Å². The second-order valence-electron chi connectivity index (χ2n) is 3.40. The summed E-state index contributed by atoms with van der Waals surface area (Å²) in [4.78, 5) is 10.7. The molecule has 2 aromatic rings. The molecule has 0 aliphatic carbocycles. The second kappa shape index (κ2) is 4.73. The van der Waals surface area contributed by atoms with Crippen molar-refractivity contribution in [3.05, 3.63) is 57.9 Å². The fourth-order valence-corrected chi connectivity index (χ4v) is 1.29. The quantitative estimate of drug-likeness (QED) is 0.853. The first kappa shape index (κ1) is 11.3. The molecule has 88 valence electrons. The monoisotopic (exact) mass is 237 g/mol. The molecule has 0 unspecified atom stereocenters. The average Bonchev–Trinajstić information content (AvgIpc) is 2.30. The molecule has 0 saturated heterocycles. The number of rotatable bonds is 3. The zero-order valence-electron chi connectivity index (χ0n) is 8.71. The Balaban J connectivity index is 2.07. The number of aromatic nitrogens is 2. The Morgan fingerprint density at radius 3 is 2.71 bits per heavy atom. The zero-order chi connectivity index (χ0) is 12.3. The Morgan fingerprint density at radius 1 is 1.24 bits per heavy atom. The molecule has 0 spiro atoms. The molecule has 0 aliphatic heterocycles. The van der Waals surface area contributed by atoms with Crippen molar-refractivity contribution in [3.8, 4) is 0 Å². The van der Waals surface area contributed by atoms with E-state index in [1.165, 1.54) is 24.3 Å². The van der Waals surface area contributed by atoms with Crippen LogP contribution in [0.1, 0.15) is 5.56 Å². The van der Waals surface area contributed by atoms with Gasteiger partial charge >= 0.3 is 0 Å². The summed E-state index contributed by atoms with van der Waals surface area (Å²) in [6.45, 7) is 0.158. The van der Waals surface area contributed by atoms with Gasteiger partial charge in [-0.25, -0.2) is 13.9 Å². The number of hydrogen-bond acceptors (Lipinski definition) is 3. The van der Waals surface area contributed by atoms with Crippen LogP contribution in [0.3, 0.4) is 0 Å². The Labute approximate surface area is 95.3 Å². The number of hydrogen-bond donors (Lipinski definition) is 2. The predicted octanol–water partition coefficient (Wildman–Crippen LogP) is 1.66. The normalized spacial score (nSPS) is 10.2. The number of nitrogens with zero attached hydrogens (tertiary/aromatic N) is 1. The molecule has 0 amide bonds. The maximum atomic E-state index is 13.3. The van der Waals surface area contributed by atoms with Gasteiger partial charge in [-0.15, -0.1) is 0 Å². The topological polar surface area (TPSA) is 57.8 Å². The standard InChI is InChI=1S/C11H9F2N3O/c12-8-2-1-7(9(13)5-8)6-14-10-3-4-11(17)16-15-10/h1-5H,6H2,(H,14,15)(H,16,17). The molecule has 6 heteroatoms. The van der Waals surface area contributed by atoms with E-state index >= 15 is 0 Å². The number of aromatic amines is 1. The van der Waals surface area contributed by atoms with Gasteiger partial charge in [-0.1, -0.05) is 6.07 Å².